The Labute approximate surface area is 103 Å². The molecule has 1 rings (SSSR count). The zero-order valence-corrected chi connectivity index (χ0v) is 11.0. The minimum Gasteiger partial charge on any atom is -0.306 e. The third kappa shape index (κ3) is 2.40. The van der Waals surface area contributed by atoms with E-state index in [9.17, 15) is 9.59 Å². The Kier molecular flexibility index (Phi) is 3.45. The van der Waals surface area contributed by atoms with Crippen molar-refractivity contribution in [3.8, 4) is 0 Å². The molecule has 4 nitrogen and oxygen atoms in total. The summed E-state index contributed by atoms with van der Waals surface area (Å²) in [7, 11) is 0. The third-order valence-corrected chi connectivity index (χ3v) is 2.76. The van der Waals surface area contributed by atoms with Gasteiger partial charge in [-0.05, 0) is 27.7 Å². The van der Waals surface area contributed by atoms with Gasteiger partial charge in [-0.1, -0.05) is 24.3 Å². The van der Waals surface area contributed by atoms with E-state index in [-0.39, 0.29) is 18.5 Å². The summed E-state index contributed by atoms with van der Waals surface area (Å²) < 4.78 is 0. The lowest BCUT2D eigenvalue weighted by molar-refractivity contribution is -0.131. The summed E-state index contributed by atoms with van der Waals surface area (Å²) in [6.45, 7) is 15.4. The van der Waals surface area contributed by atoms with Gasteiger partial charge in [0.2, 0.25) is 0 Å². The fourth-order valence-corrected chi connectivity index (χ4v) is 1.86. The van der Waals surface area contributed by atoms with Gasteiger partial charge < -0.3 is 4.90 Å². The first-order chi connectivity index (χ1) is 7.67. The van der Waals surface area contributed by atoms with Gasteiger partial charge in [-0.25, -0.2) is 4.79 Å². The fraction of sp³-hybridized carbons (Fsp3) is 0.538. The average molecular weight is 236 g/mol. The lowest BCUT2D eigenvalue weighted by Gasteiger charge is -2.27. The van der Waals surface area contributed by atoms with Crippen molar-refractivity contribution in [2.24, 2.45) is 0 Å². The van der Waals surface area contributed by atoms with Crippen molar-refractivity contribution in [3.05, 3.63) is 24.3 Å². The molecule has 0 radical (unpaired) electrons. The number of carbonyl (C=O) groups is 2. The second-order valence-corrected chi connectivity index (χ2v) is 5.23. The highest BCUT2D eigenvalue weighted by molar-refractivity contribution is 6.06. The lowest BCUT2D eigenvalue weighted by Crippen LogP contribution is -2.44. The smallest absolute Gasteiger partial charge is 0.306 e. The number of hydrogen-bond acceptors (Lipinski definition) is 2. The summed E-state index contributed by atoms with van der Waals surface area (Å²) >= 11 is 0. The molecule has 0 aliphatic carbocycles. The van der Waals surface area contributed by atoms with Crippen molar-refractivity contribution in [1.82, 2.24) is 9.80 Å². The topological polar surface area (TPSA) is 40.6 Å². The highest BCUT2D eigenvalue weighted by atomic mass is 16.2. The molecular formula is C13H20N2O2. The minimum absolute atomic E-state index is 0.174. The van der Waals surface area contributed by atoms with E-state index in [1.54, 1.807) is 25.7 Å². The number of carbonyl (C=O) groups excluding carboxylic acids is 2. The molecular weight excluding hydrogens is 216 g/mol. The number of amides is 3. The van der Waals surface area contributed by atoms with Gasteiger partial charge in [0.25, 0.3) is 5.91 Å². The van der Waals surface area contributed by atoms with Gasteiger partial charge in [0.15, 0.2) is 0 Å². The van der Waals surface area contributed by atoms with Crippen LogP contribution in [-0.4, -0.2) is 40.4 Å². The summed E-state index contributed by atoms with van der Waals surface area (Å²) in [5, 5.41) is 0. The number of hydrogen-bond donors (Lipinski definition) is 0. The molecule has 1 fully saturated rings. The van der Waals surface area contributed by atoms with Crippen LogP contribution in [0.5, 0.6) is 0 Å². The Morgan fingerprint density at radius 1 is 1.12 bits per heavy atom. The summed E-state index contributed by atoms with van der Waals surface area (Å²) in [5.74, 6) is -0.174. The van der Waals surface area contributed by atoms with Gasteiger partial charge in [-0.15, -0.1) is 0 Å². The van der Waals surface area contributed by atoms with E-state index in [0.29, 0.717) is 6.54 Å². The first kappa shape index (κ1) is 13.5. The minimum atomic E-state index is -0.800. The van der Waals surface area contributed by atoms with Crippen molar-refractivity contribution >= 4 is 11.9 Å². The normalized spacial score (nSPS) is 18.8. The molecule has 0 aromatic heterocycles. The number of rotatable bonds is 4. The molecule has 1 aliphatic rings. The first-order valence-electron chi connectivity index (χ1n) is 5.60. The first-order valence-corrected chi connectivity index (χ1v) is 5.60. The summed E-state index contributed by atoms with van der Waals surface area (Å²) in [6.07, 6.45) is 0. The molecule has 0 saturated carbocycles. The van der Waals surface area contributed by atoms with Crippen LogP contribution in [0.1, 0.15) is 27.7 Å². The molecule has 0 aromatic carbocycles. The highest BCUT2D eigenvalue weighted by Gasteiger charge is 2.50. The SMILES string of the molecule is C=C(C)CN1C(=O)N(CC(=C)C)C(C)(C)C1=O. The summed E-state index contributed by atoms with van der Waals surface area (Å²) in [5.41, 5.74) is 0.849. The molecule has 94 valence electrons. The molecule has 1 saturated heterocycles. The van der Waals surface area contributed by atoms with Crippen molar-refractivity contribution in [2.45, 2.75) is 33.2 Å². The van der Waals surface area contributed by atoms with Crippen molar-refractivity contribution in [1.29, 1.82) is 0 Å². The van der Waals surface area contributed by atoms with Gasteiger partial charge in [0, 0.05) is 6.54 Å². The summed E-state index contributed by atoms with van der Waals surface area (Å²) in [4.78, 5) is 27.1. The van der Waals surface area contributed by atoms with E-state index >= 15 is 0 Å². The van der Waals surface area contributed by atoms with Crippen LogP contribution in [0, 0.1) is 0 Å². The van der Waals surface area contributed by atoms with E-state index in [0.717, 1.165) is 11.1 Å². The maximum absolute atomic E-state index is 12.2. The largest absolute Gasteiger partial charge is 0.328 e. The zero-order valence-electron chi connectivity index (χ0n) is 11.0. The Hall–Kier alpha value is -1.58. The van der Waals surface area contributed by atoms with E-state index < -0.39 is 5.54 Å². The van der Waals surface area contributed by atoms with Gasteiger partial charge in [0.1, 0.15) is 5.54 Å². The van der Waals surface area contributed by atoms with Crippen LogP contribution in [-0.2, 0) is 4.79 Å². The average Bonchev–Trinajstić information content (AvgIpc) is 2.31. The van der Waals surface area contributed by atoms with Crippen LogP contribution in [0.3, 0.4) is 0 Å². The molecule has 0 aromatic rings. The van der Waals surface area contributed by atoms with Crippen LogP contribution in [0.2, 0.25) is 0 Å². The molecule has 3 amide bonds. The van der Waals surface area contributed by atoms with Crippen LogP contribution in [0.15, 0.2) is 24.3 Å². The second kappa shape index (κ2) is 4.35. The monoisotopic (exact) mass is 236 g/mol. The molecule has 0 N–H and O–H groups in total. The number of imide groups is 1. The maximum Gasteiger partial charge on any atom is 0.328 e. The predicted molar refractivity (Wildman–Crippen MR) is 67.5 cm³/mol. The molecule has 4 heteroatoms. The molecule has 0 atom stereocenters. The van der Waals surface area contributed by atoms with E-state index in [1.165, 1.54) is 4.90 Å². The zero-order chi connectivity index (χ0) is 13.4. The summed E-state index contributed by atoms with van der Waals surface area (Å²) in [6, 6.07) is -0.258. The fourth-order valence-electron chi connectivity index (χ4n) is 1.86. The molecule has 1 heterocycles. The standard InChI is InChI=1S/C13H20N2O2/c1-9(2)7-14-11(16)13(5,6)15(12(14)17)8-10(3)4/h1,3,7-8H2,2,4-6H3. The third-order valence-electron chi connectivity index (χ3n) is 2.76. The number of nitrogens with zero attached hydrogens (tertiary/aromatic N) is 2. The van der Waals surface area contributed by atoms with Crippen LogP contribution < -0.4 is 0 Å². The number of urea groups is 1. The molecule has 0 spiro atoms. The Balaban J connectivity index is 3.02. The Morgan fingerprint density at radius 3 is 2.00 bits per heavy atom. The quantitative estimate of drug-likeness (QED) is 0.554. The molecule has 1 aliphatic heterocycles. The van der Waals surface area contributed by atoms with Gasteiger partial charge in [-0.3, -0.25) is 9.69 Å². The predicted octanol–water partition coefficient (Wildman–Crippen LogP) is 2.18. The van der Waals surface area contributed by atoms with Crippen molar-refractivity contribution < 1.29 is 9.59 Å². The maximum atomic E-state index is 12.2. The lowest BCUT2D eigenvalue weighted by atomic mass is 10.0. The van der Waals surface area contributed by atoms with Crippen LogP contribution >= 0.6 is 0 Å². The van der Waals surface area contributed by atoms with E-state index in [2.05, 4.69) is 13.2 Å². The highest BCUT2D eigenvalue weighted by Crippen LogP contribution is 2.28. The molecule has 17 heavy (non-hydrogen) atoms. The van der Waals surface area contributed by atoms with Crippen LogP contribution in [0.25, 0.3) is 0 Å². The molecule has 0 bridgehead atoms. The Bertz CT molecular complexity index is 396. The second-order valence-electron chi connectivity index (χ2n) is 5.23. The Morgan fingerprint density at radius 2 is 1.59 bits per heavy atom. The molecule has 0 unspecified atom stereocenters. The van der Waals surface area contributed by atoms with Crippen molar-refractivity contribution in [2.75, 3.05) is 13.1 Å². The van der Waals surface area contributed by atoms with Crippen LogP contribution in [0.4, 0.5) is 4.79 Å². The van der Waals surface area contributed by atoms with E-state index in [4.69, 9.17) is 0 Å². The van der Waals surface area contributed by atoms with E-state index in [1.807, 2.05) is 6.92 Å². The van der Waals surface area contributed by atoms with Gasteiger partial charge in [-0.2, -0.15) is 0 Å². The van der Waals surface area contributed by atoms with Gasteiger partial charge in [0.05, 0.1) is 6.54 Å². The van der Waals surface area contributed by atoms with Crippen molar-refractivity contribution in [3.63, 3.8) is 0 Å². The van der Waals surface area contributed by atoms with Gasteiger partial charge >= 0.3 is 6.03 Å².